The molecule has 2 fully saturated rings. The predicted octanol–water partition coefficient (Wildman–Crippen LogP) is 3.08. The molecule has 0 aromatic heterocycles. The Morgan fingerprint density at radius 2 is 2.06 bits per heavy atom. The minimum absolute atomic E-state index is 0.0408. The summed E-state index contributed by atoms with van der Waals surface area (Å²) in [6.07, 6.45) is 3.43. The van der Waals surface area contributed by atoms with Gasteiger partial charge >= 0.3 is 0 Å². The Morgan fingerprint density at radius 3 is 2.87 bits per heavy atom. The van der Waals surface area contributed by atoms with E-state index in [9.17, 15) is 14.7 Å². The van der Waals surface area contributed by atoms with Gasteiger partial charge < -0.3 is 20.6 Å². The fourth-order valence-electron chi connectivity index (χ4n) is 5.60. The van der Waals surface area contributed by atoms with Gasteiger partial charge in [0.1, 0.15) is 5.75 Å². The first-order valence-electron chi connectivity index (χ1n) is 11.3. The molecule has 2 aromatic rings. The lowest BCUT2D eigenvalue weighted by Crippen LogP contribution is -2.58. The molecule has 0 radical (unpaired) electrons. The van der Waals surface area contributed by atoms with Gasteiger partial charge in [0.2, 0.25) is 5.91 Å². The lowest BCUT2D eigenvalue weighted by molar-refractivity contribution is -0.145. The van der Waals surface area contributed by atoms with Gasteiger partial charge in [0, 0.05) is 18.2 Å². The standard InChI is InChI=1S/C25H29N3O3/c1-15(16-6-3-2-4-7-16)27-24(30)20-13-18(29)12-17-9-11-28-22(23(17)20)14-21-19(25(28)31)8-5-10-26-21/h2-4,6-7,12-13,15,19,21-22,26,29H,5,8-11,14H2,1H3,(H,27,30)/t15-,19+,21+,22-/m1/s1. The highest BCUT2D eigenvalue weighted by molar-refractivity contribution is 5.97. The fraction of sp³-hybridized carbons (Fsp3) is 0.440. The zero-order valence-electron chi connectivity index (χ0n) is 17.8. The van der Waals surface area contributed by atoms with Crippen LogP contribution in [-0.2, 0) is 11.2 Å². The number of carbonyl (C=O) groups excluding carboxylic acids is 2. The summed E-state index contributed by atoms with van der Waals surface area (Å²) in [6, 6.07) is 13.0. The van der Waals surface area contributed by atoms with E-state index in [1.54, 1.807) is 12.1 Å². The van der Waals surface area contributed by atoms with Crippen LogP contribution in [0.5, 0.6) is 5.75 Å². The molecule has 2 saturated heterocycles. The largest absolute Gasteiger partial charge is 0.508 e. The maximum Gasteiger partial charge on any atom is 0.252 e. The summed E-state index contributed by atoms with van der Waals surface area (Å²) in [5.41, 5.74) is 3.38. The van der Waals surface area contributed by atoms with E-state index in [4.69, 9.17) is 0 Å². The molecule has 6 heteroatoms. The Bertz CT molecular complexity index is 1010. The van der Waals surface area contributed by atoms with Gasteiger partial charge in [-0.05, 0) is 68.0 Å². The summed E-state index contributed by atoms with van der Waals surface area (Å²) in [4.78, 5) is 28.6. The third kappa shape index (κ3) is 3.59. The number of hydrogen-bond donors (Lipinski definition) is 3. The van der Waals surface area contributed by atoms with Crippen molar-refractivity contribution in [1.29, 1.82) is 0 Å². The maximum atomic E-state index is 13.4. The first-order chi connectivity index (χ1) is 15.0. The number of piperidine rings is 2. The van der Waals surface area contributed by atoms with E-state index in [1.807, 2.05) is 42.2 Å². The summed E-state index contributed by atoms with van der Waals surface area (Å²) < 4.78 is 0. The van der Waals surface area contributed by atoms with Crippen molar-refractivity contribution in [3.8, 4) is 5.75 Å². The Balaban J connectivity index is 1.49. The van der Waals surface area contributed by atoms with Gasteiger partial charge in [-0.25, -0.2) is 0 Å². The van der Waals surface area contributed by atoms with Gasteiger partial charge in [-0.15, -0.1) is 0 Å². The van der Waals surface area contributed by atoms with Crippen LogP contribution in [0.4, 0.5) is 0 Å². The minimum atomic E-state index is -0.212. The number of rotatable bonds is 3. The smallest absolute Gasteiger partial charge is 0.252 e. The molecule has 3 heterocycles. The van der Waals surface area contributed by atoms with Gasteiger partial charge in [-0.3, -0.25) is 9.59 Å². The lowest BCUT2D eigenvalue weighted by Gasteiger charge is -2.48. The highest BCUT2D eigenvalue weighted by Crippen LogP contribution is 2.43. The van der Waals surface area contributed by atoms with Crippen molar-refractivity contribution >= 4 is 11.8 Å². The van der Waals surface area contributed by atoms with Crippen LogP contribution >= 0.6 is 0 Å². The van der Waals surface area contributed by atoms with Crippen LogP contribution in [0.2, 0.25) is 0 Å². The van der Waals surface area contributed by atoms with E-state index < -0.39 is 0 Å². The molecule has 0 unspecified atom stereocenters. The highest BCUT2D eigenvalue weighted by Gasteiger charge is 2.46. The second-order valence-corrected chi connectivity index (χ2v) is 9.01. The van der Waals surface area contributed by atoms with Gasteiger partial charge in [0.05, 0.1) is 18.0 Å². The van der Waals surface area contributed by atoms with E-state index >= 15 is 0 Å². The van der Waals surface area contributed by atoms with Crippen molar-refractivity contribution < 1.29 is 14.7 Å². The molecule has 2 aromatic carbocycles. The van der Waals surface area contributed by atoms with Gasteiger partial charge in [0.15, 0.2) is 0 Å². The van der Waals surface area contributed by atoms with Crippen molar-refractivity contribution in [3.05, 3.63) is 64.7 Å². The van der Waals surface area contributed by atoms with E-state index in [-0.39, 0.29) is 41.6 Å². The van der Waals surface area contributed by atoms with E-state index in [0.29, 0.717) is 18.5 Å². The summed E-state index contributed by atoms with van der Waals surface area (Å²) >= 11 is 0. The Labute approximate surface area is 182 Å². The SMILES string of the molecule is C[C@@H](NC(=O)c1cc(O)cc2c1[C@H]1C[C@@H]3NCCC[C@@H]3C(=O)N1CC2)c1ccccc1. The number of hydrogen-bond acceptors (Lipinski definition) is 4. The third-order valence-electron chi connectivity index (χ3n) is 7.14. The molecule has 0 spiro atoms. The van der Waals surface area contributed by atoms with Crippen LogP contribution < -0.4 is 10.6 Å². The number of benzene rings is 2. The molecular formula is C25H29N3O3. The number of carbonyl (C=O) groups is 2. The Hall–Kier alpha value is -2.86. The normalized spacial score (nSPS) is 25.8. The summed E-state index contributed by atoms with van der Waals surface area (Å²) in [6.45, 7) is 3.53. The molecule has 3 aliphatic heterocycles. The Kier molecular flexibility index (Phi) is 5.18. The average molecular weight is 420 g/mol. The van der Waals surface area contributed by atoms with Crippen LogP contribution in [0.15, 0.2) is 42.5 Å². The first kappa shape index (κ1) is 20.1. The number of nitrogens with one attached hydrogen (secondary N) is 2. The molecule has 0 bridgehead atoms. The van der Waals surface area contributed by atoms with E-state index in [0.717, 1.165) is 42.5 Å². The van der Waals surface area contributed by atoms with E-state index in [2.05, 4.69) is 10.6 Å². The average Bonchev–Trinajstić information content (AvgIpc) is 2.79. The molecule has 4 atom stereocenters. The summed E-state index contributed by atoms with van der Waals surface area (Å²) in [7, 11) is 0. The number of nitrogens with zero attached hydrogens (tertiary/aromatic N) is 1. The van der Waals surface area contributed by atoms with Gasteiger partial charge in [0.25, 0.3) is 5.91 Å². The second kappa shape index (κ2) is 8.00. The summed E-state index contributed by atoms with van der Waals surface area (Å²) in [5, 5.41) is 16.9. The number of fused-ring (bicyclic) bond motifs is 4. The number of phenols is 1. The summed E-state index contributed by atoms with van der Waals surface area (Å²) in [5.74, 6) is 0.132. The van der Waals surface area contributed by atoms with E-state index in [1.165, 1.54) is 0 Å². The predicted molar refractivity (Wildman–Crippen MR) is 118 cm³/mol. The second-order valence-electron chi connectivity index (χ2n) is 9.01. The number of amides is 2. The third-order valence-corrected chi connectivity index (χ3v) is 7.14. The quantitative estimate of drug-likeness (QED) is 0.714. The molecule has 3 N–H and O–H groups in total. The van der Waals surface area contributed by atoms with Crippen molar-refractivity contribution in [2.24, 2.45) is 5.92 Å². The lowest BCUT2D eigenvalue weighted by atomic mass is 9.75. The molecule has 0 saturated carbocycles. The molecule has 5 rings (SSSR count). The minimum Gasteiger partial charge on any atom is -0.508 e. The van der Waals surface area contributed by atoms with Crippen molar-refractivity contribution in [2.45, 2.75) is 50.7 Å². The van der Waals surface area contributed by atoms with Crippen molar-refractivity contribution in [1.82, 2.24) is 15.5 Å². The molecule has 3 aliphatic rings. The van der Waals surface area contributed by atoms with Crippen LogP contribution in [0.1, 0.15) is 65.3 Å². The number of phenolic OH excluding ortho intramolecular Hbond substituents is 1. The molecular weight excluding hydrogens is 390 g/mol. The van der Waals surface area contributed by atoms with Gasteiger partial charge in [-0.1, -0.05) is 30.3 Å². The molecule has 162 valence electrons. The van der Waals surface area contributed by atoms with Crippen LogP contribution in [0.25, 0.3) is 0 Å². The molecule has 31 heavy (non-hydrogen) atoms. The van der Waals surface area contributed by atoms with Crippen LogP contribution in [0, 0.1) is 5.92 Å². The molecule has 2 amide bonds. The highest BCUT2D eigenvalue weighted by atomic mass is 16.3. The van der Waals surface area contributed by atoms with Crippen molar-refractivity contribution in [3.63, 3.8) is 0 Å². The number of aromatic hydroxyl groups is 1. The zero-order chi connectivity index (χ0) is 21.5. The molecule has 6 nitrogen and oxygen atoms in total. The van der Waals surface area contributed by atoms with Crippen LogP contribution in [0.3, 0.4) is 0 Å². The maximum absolute atomic E-state index is 13.4. The van der Waals surface area contributed by atoms with Gasteiger partial charge in [-0.2, -0.15) is 0 Å². The fourth-order valence-corrected chi connectivity index (χ4v) is 5.60. The van der Waals surface area contributed by atoms with Crippen LogP contribution in [-0.4, -0.2) is 41.0 Å². The molecule has 0 aliphatic carbocycles. The zero-order valence-corrected chi connectivity index (χ0v) is 17.8. The topological polar surface area (TPSA) is 81.7 Å². The first-order valence-corrected chi connectivity index (χ1v) is 11.3. The Morgan fingerprint density at radius 1 is 1.26 bits per heavy atom. The van der Waals surface area contributed by atoms with Crippen molar-refractivity contribution in [2.75, 3.05) is 13.1 Å². The monoisotopic (exact) mass is 419 g/mol.